The van der Waals surface area contributed by atoms with Crippen LogP contribution in [0.2, 0.25) is 0 Å². The molecule has 0 aliphatic heterocycles. The molecule has 2 bridgehead atoms. The number of aromatic nitrogens is 5. The van der Waals surface area contributed by atoms with Crippen LogP contribution < -0.4 is 4.74 Å². The zero-order valence-electron chi connectivity index (χ0n) is 21.1. The molecule has 7 nitrogen and oxygen atoms in total. The van der Waals surface area contributed by atoms with Crippen molar-refractivity contribution >= 4 is 11.8 Å². The number of rotatable bonds is 8. The third-order valence-electron chi connectivity index (χ3n) is 7.49. The van der Waals surface area contributed by atoms with Gasteiger partial charge in [0.15, 0.2) is 28.4 Å². The summed E-state index contributed by atoms with van der Waals surface area (Å²) in [7, 11) is 0. The highest BCUT2D eigenvalue weighted by Gasteiger charge is 2.43. The molecule has 2 heterocycles. The zero-order valence-corrected chi connectivity index (χ0v) is 21.9. The lowest BCUT2D eigenvalue weighted by molar-refractivity contribution is 0.215. The minimum Gasteiger partial charge on any atom is -0.483 e. The van der Waals surface area contributed by atoms with Gasteiger partial charge in [-0.25, -0.2) is 4.39 Å². The maximum Gasteiger partial charge on any atom is 0.239 e. The van der Waals surface area contributed by atoms with E-state index >= 15 is 0 Å². The summed E-state index contributed by atoms with van der Waals surface area (Å²) in [6.07, 6.45) is 5.23. The normalized spacial score (nSPS) is 23.5. The smallest absolute Gasteiger partial charge is 0.239 e. The molecule has 2 aliphatic rings. The van der Waals surface area contributed by atoms with Gasteiger partial charge in [-0.2, -0.15) is 4.98 Å². The van der Waals surface area contributed by atoms with Crippen LogP contribution in [0.25, 0.3) is 0 Å². The molecule has 2 fully saturated rings. The Kier molecular flexibility index (Phi) is 6.63. The predicted octanol–water partition coefficient (Wildman–Crippen LogP) is 6.53. The van der Waals surface area contributed by atoms with Gasteiger partial charge in [-0.1, -0.05) is 56.2 Å². The molecule has 2 aliphatic carbocycles. The van der Waals surface area contributed by atoms with E-state index in [2.05, 4.69) is 52.6 Å². The van der Waals surface area contributed by atoms with Crippen molar-refractivity contribution in [1.82, 2.24) is 24.9 Å². The first-order valence-electron chi connectivity index (χ1n) is 12.5. The number of thioether (sulfide) groups is 1. The van der Waals surface area contributed by atoms with Crippen LogP contribution in [0, 0.1) is 23.6 Å². The molecular formula is C26H34FN5O2S. The van der Waals surface area contributed by atoms with Gasteiger partial charge in [0.25, 0.3) is 0 Å². The highest BCUT2D eigenvalue weighted by molar-refractivity contribution is 7.99. The van der Waals surface area contributed by atoms with E-state index in [1.165, 1.54) is 31.7 Å². The Morgan fingerprint density at radius 2 is 1.97 bits per heavy atom. The number of fused-ring (bicyclic) bond motifs is 2. The highest BCUT2D eigenvalue weighted by Crippen LogP contribution is 2.53. The zero-order chi connectivity index (χ0) is 24.7. The fraction of sp³-hybridized carbons (Fsp3) is 0.615. The summed E-state index contributed by atoms with van der Waals surface area (Å²) in [5, 5.41) is 13.9. The molecule has 0 radical (unpaired) electrons. The molecule has 5 rings (SSSR count). The van der Waals surface area contributed by atoms with Crippen LogP contribution in [0.4, 0.5) is 4.39 Å². The molecule has 2 aromatic heterocycles. The number of hydrogen-bond acceptors (Lipinski definition) is 7. The maximum absolute atomic E-state index is 14.2. The van der Waals surface area contributed by atoms with Gasteiger partial charge in [0.05, 0.1) is 5.25 Å². The number of halogens is 1. The Morgan fingerprint density at radius 1 is 1.17 bits per heavy atom. The molecular weight excluding hydrogens is 465 g/mol. The Balaban J connectivity index is 1.40. The Labute approximate surface area is 210 Å². The molecule has 0 saturated heterocycles. The summed E-state index contributed by atoms with van der Waals surface area (Å²) in [4.78, 5) is 4.63. The van der Waals surface area contributed by atoms with E-state index in [9.17, 15) is 4.39 Å². The van der Waals surface area contributed by atoms with Crippen LogP contribution in [0.15, 0.2) is 33.9 Å². The fourth-order valence-electron chi connectivity index (χ4n) is 5.59. The first kappa shape index (κ1) is 24.3. The lowest BCUT2D eigenvalue weighted by Crippen LogP contribution is -2.24. The summed E-state index contributed by atoms with van der Waals surface area (Å²) in [5.74, 6) is 3.99. The second kappa shape index (κ2) is 9.56. The van der Waals surface area contributed by atoms with Crippen LogP contribution >= 0.6 is 11.8 Å². The molecule has 3 aromatic rings. The van der Waals surface area contributed by atoms with Gasteiger partial charge in [-0.15, -0.1) is 10.2 Å². The first-order chi connectivity index (χ1) is 16.7. The topological polar surface area (TPSA) is 78.9 Å². The number of ether oxygens (including phenoxy) is 1. The Bertz CT molecular complexity index is 1170. The van der Waals surface area contributed by atoms with E-state index in [0.717, 1.165) is 17.0 Å². The SMILES string of the molecule is CC(Sc1nnc(COc2ccccc2F)n1C(C)C1CC2CCC1C2)c1nc(C(C)(C)C)no1. The standard InChI is InChI=1S/C26H34FN5O2S/c1-15(19-13-17-10-11-18(19)12-17)32-22(14-33-21-9-7-6-8-20(21)27)29-30-25(32)35-16(2)23-28-24(31-34-23)26(3,4)5/h6-9,15-19H,10-14H2,1-5H3. The molecule has 9 heteroatoms. The molecule has 5 atom stereocenters. The van der Waals surface area contributed by atoms with Crippen molar-refractivity contribution in [3.63, 3.8) is 0 Å². The van der Waals surface area contributed by atoms with Crippen molar-refractivity contribution in [3.05, 3.63) is 47.6 Å². The van der Waals surface area contributed by atoms with E-state index in [1.54, 1.807) is 30.0 Å². The molecule has 0 N–H and O–H groups in total. The summed E-state index contributed by atoms with van der Waals surface area (Å²) < 4.78 is 27.8. The number of nitrogens with zero attached hydrogens (tertiary/aromatic N) is 5. The minimum atomic E-state index is -0.381. The van der Waals surface area contributed by atoms with Crippen molar-refractivity contribution in [1.29, 1.82) is 0 Å². The molecule has 5 unspecified atom stereocenters. The minimum absolute atomic E-state index is 0.0888. The van der Waals surface area contributed by atoms with Gasteiger partial charge in [0.1, 0.15) is 6.61 Å². The van der Waals surface area contributed by atoms with Gasteiger partial charge >= 0.3 is 0 Å². The Morgan fingerprint density at radius 3 is 2.63 bits per heavy atom. The average Bonchev–Trinajstić information content (AvgIpc) is 3.61. The summed E-state index contributed by atoms with van der Waals surface area (Å²) in [5.41, 5.74) is -0.181. The van der Waals surface area contributed by atoms with E-state index in [4.69, 9.17) is 9.26 Å². The predicted molar refractivity (Wildman–Crippen MR) is 132 cm³/mol. The van der Waals surface area contributed by atoms with Crippen molar-refractivity contribution in [3.8, 4) is 5.75 Å². The van der Waals surface area contributed by atoms with Crippen LogP contribution in [0.1, 0.15) is 89.1 Å². The van der Waals surface area contributed by atoms with Crippen LogP contribution in [0.3, 0.4) is 0 Å². The van der Waals surface area contributed by atoms with E-state index in [1.807, 2.05) is 6.92 Å². The van der Waals surface area contributed by atoms with Crippen molar-refractivity contribution in [2.45, 2.75) is 88.8 Å². The monoisotopic (exact) mass is 499 g/mol. The number of para-hydroxylation sites is 1. The Hall–Kier alpha value is -2.42. The van der Waals surface area contributed by atoms with Crippen LogP contribution in [-0.4, -0.2) is 24.9 Å². The first-order valence-corrected chi connectivity index (χ1v) is 13.4. The summed E-state index contributed by atoms with van der Waals surface area (Å²) in [6.45, 7) is 10.7. The quantitative estimate of drug-likeness (QED) is 0.326. The van der Waals surface area contributed by atoms with Crippen molar-refractivity contribution < 1.29 is 13.7 Å². The third-order valence-corrected chi connectivity index (χ3v) is 8.54. The second-order valence-corrected chi connectivity index (χ2v) is 12.3. The largest absolute Gasteiger partial charge is 0.483 e. The van der Waals surface area contributed by atoms with Gasteiger partial charge in [-0.3, -0.25) is 4.57 Å². The average molecular weight is 500 g/mol. The lowest BCUT2D eigenvalue weighted by atomic mass is 9.84. The van der Waals surface area contributed by atoms with Gasteiger partial charge < -0.3 is 9.26 Å². The molecule has 1 aromatic carbocycles. The highest BCUT2D eigenvalue weighted by atomic mass is 32.2. The van der Waals surface area contributed by atoms with Gasteiger partial charge in [-0.05, 0) is 63.0 Å². The molecule has 0 amide bonds. The molecule has 2 saturated carbocycles. The molecule has 0 spiro atoms. The number of benzene rings is 1. The van der Waals surface area contributed by atoms with E-state index < -0.39 is 0 Å². The van der Waals surface area contributed by atoms with Crippen LogP contribution in [-0.2, 0) is 12.0 Å². The van der Waals surface area contributed by atoms with Crippen molar-refractivity contribution in [2.75, 3.05) is 0 Å². The molecule has 35 heavy (non-hydrogen) atoms. The van der Waals surface area contributed by atoms with Gasteiger partial charge in [0.2, 0.25) is 5.89 Å². The summed E-state index contributed by atoms with van der Waals surface area (Å²) >= 11 is 1.56. The fourth-order valence-corrected chi connectivity index (χ4v) is 6.58. The van der Waals surface area contributed by atoms with Gasteiger partial charge in [0, 0.05) is 11.5 Å². The molecule has 188 valence electrons. The number of hydrogen-bond donors (Lipinski definition) is 0. The second-order valence-electron chi connectivity index (χ2n) is 11.0. The van der Waals surface area contributed by atoms with E-state index in [-0.39, 0.29) is 34.9 Å². The third kappa shape index (κ3) is 4.97. The maximum atomic E-state index is 14.2. The van der Waals surface area contributed by atoms with Crippen molar-refractivity contribution in [2.24, 2.45) is 17.8 Å². The lowest BCUT2D eigenvalue weighted by Gasteiger charge is -2.30. The van der Waals surface area contributed by atoms with Crippen LogP contribution in [0.5, 0.6) is 5.75 Å². The summed E-state index contributed by atoms with van der Waals surface area (Å²) in [6, 6.07) is 6.68. The van der Waals surface area contributed by atoms with E-state index in [0.29, 0.717) is 23.5 Å².